The van der Waals surface area contributed by atoms with Crippen LogP contribution in [-0.4, -0.2) is 33.1 Å². The minimum Gasteiger partial charge on any atom is -0.474 e. The van der Waals surface area contributed by atoms with E-state index < -0.39 is 5.97 Å². The van der Waals surface area contributed by atoms with Crippen molar-refractivity contribution in [1.82, 2.24) is 5.01 Å². The number of amidine groups is 1. The number of hydrogen-bond acceptors (Lipinski definition) is 3. The molecule has 0 saturated carbocycles. The van der Waals surface area contributed by atoms with Crippen molar-refractivity contribution in [3.05, 3.63) is 58.0 Å². The van der Waals surface area contributed by atoms with Gasteiger partial charge in [-0.2, -0.15) is 4.99 Å². The lowest BCUT2D eigenvalue weighted by Crippen LogP contribution is -2.56. The number of aliphatic carboxylic acids is 1. The van der Waals surface area contributed by atoms with Crippen LogP contribution in [0.3, 0.4) is 0 Å². The van der Waals surface area contributed by atoms with Crippen LogP contribution in [0.4, 0.5) is 0 Å². The Morgan fingerprint density at radius 2 is 2.18 bits per heavy atom. The first kappa shape index (κ1) is 15.1. The third-order valence-corrected chi connectivity index (χ3v) is 4.48. The molecule has 0 fully saturated rings. The molecular weight excluding hydrogens is 325 g/mol. The summed E-state index contributed by atoms with van der Waals surface area (Å²) in [5, 5.41) is 12.6. The van der Waals surface area contributed by atoms with Gasteiger partial charge in [0.15, 0.2) is 0 Å². The van der Waals surface area contributed by atoms with Gasteiger partial charge in [0.25, 0.3) is 11.5 Å². The Morgan fingerprint density at radius 3 is 2.82 bits per heavy atom. The first-order chi connectivity index (χ1) is 10.5. The number of nitrogens with zero attached hydrogens (tertiary/aromatic N) is 3. The summed E-state index contributed by atoms with van der Waals surface area (Å²) in [5.74, 6) is -0.323. The second-order valence-corrected chi connectivity index (χ2v) is 5.89. The summed E-state index contributed by atoms with van der Waals surface area (Å²) in [6.07, 6.45) is 5.10. The molecule has 0 radical (unpaired) electrons. The Labute approximate surface area is 137 Å². The molecule has 2 aliphatic rings. The Morgan fingerprint density at radius 1 is 1.41 bits per heavy atom. The van der Waals surface area contributed by atoms with Gasteiger partial charge in [-0.05, 0) is 19.1 Å². The van der Waals surface area contributed by atoms with Gasteiger partial charge in [0, 0.05) is 16.7 Å². The fourth-order valence-corrected chi connectivity index (χ4v) is 3.33. The molecule has 114 valence electrons. The second-order valence-electron chi connectivity index (χ2n) is 5.04. The number of aliphatic imine (C=N–C) groups is 1. The molecule has 0 spiro atoms. The molecular formula is C15H14Cl2N3O2+. The highest BCUT2D eigenvalue weighted by molar-refractivity contribution is 6.35. The molecule has 1 aromatic rings. The van der Waals surface area contributed by atoms with Crippen LogP contribution < -0.4 is 0 Å². The summed E-state index contributed by atoms with van der Waals surface area (Å²) in [6, 6.07) is 5.23. The average Bonchev–Trinajstić information content (AvgIpc) is 2.97. The number of halogens is 2. The fraction of sp³-hybridized carbons (Fsp3) is 0.200. The molecule has 22 heavy (non-hydrogen) atoms. The van der Waals surface area contributed by atoms with E-state index >= 15 is 0 Å². The third kappa shape index (κ3) is 2.13. The van der Waals surface area contributed by atoms with E-state index in [9.17, 15) is 9.90 Å². The molecule has 2 heterocycles. The van der Waals surface area contributed by atoms with Gasteiger partial charge in [0.05, 0.1) is 17.8 Å². The van der Waals surface area contributed by atoms with Gasteiger partial charge in [0.1, 0.15) is 12.7 Å². The minimum atomic E-state index is -0.994. The average molecular weight is 339 g/mol. The Kier molecular flexibility index (Phi) is 3.72. The molecule has 1 N–H and O–H groups in total. The third-order valence-electron chi connectivity index (χ3n) is 3.89. The van der Waals surface area contributed by atoms with Crippen LogP contribution in [0.5, 0.6) is 0 Å². The Balaban J connectivity index is 2.08. The summed E-state index contributed by atoms with van der Waals surface area (Å²) >= 11 is 12.2. The molecule has 3 rings (SSSR count). The van der Waals surface area contributed by atoms with E-state index in [1.54, 1.807) is 12.1 Å². The number of hydrogen-bond donors (Lipinski definition) is 1. The lowest BCUT2D eigenvalue weighted by molar-refractivity contribution is -0.918. The fourth-order valence-electron chi connectivity index (χ4n) is 2.86. The van der Waals surface area contributed by atoms with Crippen molar-refractivity contribution in [3.63, 3.8) is 0 Å². The van der Waals surface area contributed by atoms with Gasteiger partial charge in [-0.1, -0.05) is 29.3 Å². The van der Waals surface area contributed by atoms with Gasteiger partial charge < -0.3 is 5.11 Å². The predicted octanol–water partition coefficient (Wildman–Crippen LogP) is 3.41. The highest BCUT2D eigenvalue weighted by atomic mass is 35.5. The number of fused-ring (bicyclic) bond motifs is 1. The maximum absolute atomic E-state index is 11.7. The van der Waals surface area contributed by atoms with Crippen molar-refractivity contribution in [1.29, 1.82) is 0 Å². The maximum Gasteiger partial charge on any atom is 0.395 e. The minimum absolute atomic E-state index is 0.0210. The Hall–Kier alpha value is -1.82. The van der Waals surface area contributed by atoms with E-state index in [0.717, 1.165) is 5.56 Å². The van der Waals surface area contributed by atoms with Gasteiger partial charge >= 0.3 is 5.97 Å². The smallest absolute Gasteiger partial charge is 0.395 e. The molecule has 2 aliphatic heterocycles. The van der Waals surface area contributed by atoms with Crippen LogP contribution in [0.2, 0.25) is 10.0 Å². The number of rotatable bonds is 4. The summed E-state index contributed by atoms with van der Waals surface area (Å²) in [5.41, 5.74) is 1.02. The molecule has 0 aromatic heterocycles. The largest absolute Gasteiger partial charge is 0.474 e. The molecule has 1 unspecified atom stereocenters. The molecule has 7 heteroatoms. The van der Waals surface area contributed by atoms with Crippen LogP contribution in [0.25, 0.3) is 0 Å². The molecule has 0 bridgehead atoms. The molecule has 5 nitrogen and oxygen atoms in total. The van der Waals surface area contributed by atoms with E-state index in [0.29, 0.717) is 29.0 Å². The van der Waals surface area contributed by atoms with Gasteiger partial charge in [-0.25, -0.2) is 9.80 Å². The van der Waals surface area contributed by atoms with Crippen molar-refractivity contribution in [2.24, 2.45) is 4.99 Å². The lowest BCUT2D eigenvalue weighted by atomic mass is 10.2. The van der Waals surface area contributed by atoms with E-state index in [2.05, 4.69) is 4.99 Å². The van der Waals surface area contributed by atoms with Crippen molar-refractivity contribution < 1.29 is 14.5 Å². The van der Waals surface area contributed by atoms with Crippen LogP contribution in [0, 0.1) is 0 Å². The second kappa shape index (κ2) is 5.43. The first-order valence-electron chi connectivity index (χ1n) is 6.78. The van der Waals surface area contributed by atoms with E-state index in [-0.39, 0.29) is 10.3 Å². The number of benzene rings is 1. The number of carbonyl (C=O) groups is 1. The van der Waals surface area contributed by atoms with Gasteiger partial charge in [-0.15, -0.1) is 4.59 Å². The van der Waals surface area contributed by atoms with Gasteiger partial charge in [0.2, 0.25) is 0 Å². The highest BCUT2D eigenvalue weighted by Gasteiger charge is 2.52. The first-order valence-corrected chi connectivity index (χ1v) is 7.54. The number of quaternary nitrogens is 1. The van der Waals surface area contributed by atoms with E-state index in [1.807, 2.05) is 30.3 Å². The van der Waals surface area contributed by atoms with E-state index in [4.69, 9.17) is 23.2 Å². The summed E-state index contributed by atoms with van der Waals surface area (Å²) in [6.45, 7) is 2.98. The van der Waals surface area contributed by atoms with Crippen molar-refractivity contribution in [3.8, 4) is 0 Å². The summed E-state index contributed by atoms with van der Waals surface area (Å²) in [7, 11) is 0. The van der Waals surface area contributed by atoms with Gasteiger partial charge in [-0.3, -0.25) is 0 Å². The number of carboxylic acid groups (broad SMARTS) is 1. The zero-order chi connectivity index (χ0) is 15.9. The van der Waals surface area contributed by atoms with Crippen LogP contribution in [0.15, 0.2) is 47.4 Å². The zero-order valence-corrected chi connectivity index (χ0v) is 13.3. The molecule has 0 aliphatic carbocycles. The van der Waals surface area contributed by atoms with Crippen LogP contribution >= 0.6 is 23.2 Å². The normalized spacial score (nSPS) is 22.6. The van der Waals surface area contributed by atoms with Crippen LogP contribution in [0.1, 0.15) is 12.5 Å². The predicted molar refractivity (Wildman–Crippen MR) is 85.1 cm³/mol. The lowest BCUT2D eigenvalue weighted by Gasteiger charge is -2.37. The monoisotopic (exact) mass is 338 g/mol. The highest BCUT2D eigenvalue weighted by Crippen LogP contribution is 2.37. The molecule has 1 aromatic carbocycles. The molecule has 1 atom stereocenters. The quantitative estimate of drug-likeness (QED) is 0.856. The van der Waals surface area contributed by atoms with Crippen molar-refractivity contribution in [2.45, 2.75) is 13.5 Å². The number of carboxylic acids is 1. The van der Waals surface area contributed by atoms with Crippen molar-refractivity contribution in [2.75, 3.05) is 6.54 Å². The topological polar surface area (TPSA) is 52.9 Å². The molecule has 0 amide bonds. The SMILES string of the molecule is CCN1C=CC2=NC=C(C(=O)O)[N+]21Cc1ccc(Cl)cc1Cl. The van der Waals surface area contributed by atoms with E-state index in [1.165, 1.54) is 6.20 Å². The summed E-state index contributed by atoms with van der Waals surface area (Å²) < 4.78 is 0.0210. The van der Waals surface area contributed by atoms with Crippen molar-refractivity contribution >= 4 is 35.0 Å². The standard InChI is InChI=1S/C15H13Cl2N3O2/c1-2-19-6-5-14-18-8-13(15(21)22)20(14,19)9-10-3-4-11(16)7-12(10)17/h3-8H,2,9H2,1H3/p+1. The summed E-state index contributed by atoms with van der Waals surface area (Å²) in [4.78, 5) is 15.9. The molecule has 0 saturated heterocycles. The maximum atomic E-state index is 11.7. The Bertz CT molecular complexity index is 742. The van der Waals surface area contributed by atoms with Crippen LogP contribution in [-0.2, 0) is 11.3 Å². The zero-order valence-electron chi connectivity index (χ0n) is 11.8.